The zero-order valence-corrected chi connectivity index (χ0v) is 12.8. The Morgan fingerprint density at radius 2 is 2.09 bits per heavy atom. The van der Waals surface area contributed by atoms with Crippen LogP contribution in [0.2, 0.25) is 0 Å². The van der Waals surface area contributed by atoms with Gasteiger partial charge in [0.1, 0.15) is 24.1 Å². The quantitative estimate of drug-likeness (QED) is 0.865. The molecular weight excluding hydrogens is 286 g/mol. The third-order valence-electron chi connectivity index (χ3n) is 3.44. The molecule has 0 saturated heterocycles. The molecule has 1 aliphatic heterocycles. The van der Waals surface area contributed by atoms with Gasteiger partial charge in [0, 0.05) is 5.56 Å². The fraction of sp³-hybridized carbons (Fsp3) is 0.375. The number of carboxylic acid groups (broad SMARTS) is 1. The topological polar surface area (TPSA) is 84.9 Å². The summed E-state index contributed by atoms with van der Waals surface area (Å²) < 4.78 is 10.7. The van der Waals surface area contributed by atoms with E-state index < -0.39 is 17.9 Å². The van der Waals surface area contributed by atoms with Crippen molar-refractivity contribution in [1.29, 1.82) is 0 Å². The summed E-state index contributed by atoms with van der Waals surface area (Å²) in [6.07, 6.45) is 1.69. The maximum absolute atomic E-state index is 12.2. The zero-order valence-electron chi connectivity index (χ0n) is 12.8. The Labute approximate surface area is 128 Å². The fourth-order valence-corrected chi connectivity index (χ4v) is 2.16. The minimum Gasteiger partial charge on any atom is -0.497 e. The van der Waals surface area contributed by atoms with Crippen LogP contribution in [0, 0.1) is 5.92 Å². The summed E-state index contributed by atoms with van der Waals surface area (Å²) in [5.74, 6) is -0.377. The van der Waals surface area contributed by atoms with E-state index in [0.29, 0.717) is 17.1 Å². The number of ether oxygens (including phenoxy) is 2. The first-order valence-corrected chi connectivity index (χ1v) is 6.97. The van der Waals surface area contributed by atoms with Crippen molar-refractivity contribution >= 4 is 18.0 Å². The highest BCUT2D eigenvalue weighted by Crippen LogP contribution is 2.29. The van der Waals surface area contributed by atoms with Crippen molar-refractivity contribution < 1.29 is 24.2 Å². The van der Waals surface area contributed by atoms with E-state index in [9.17, 15) is 9.59 Å². The first-order chi connectivity index (χ1) is 10.4. The minimum absolute atomic E-state index is 0.107. The van der Waals surface area contributed by atoms with Crippen molar-refractivity contribution in [3.63, 3.8) is 0 Å². The molecule has 1 aromatic rings. The van der Waals surface area contributed by atoms with Crippen molar-refractivity contribution in [2.24, 2.45) is 5.92 Å². The molecule has 0 aromatic heterocycles. The average Bonchev–Trinajstić information content (AvgIpc) is 2.50. The molecule has 1 heterocycles. The molecule has 2 N–H and O–H groups in total. The number of nitrogens with one attached hydrogen (secondary N) is 1. The highest BCUT2D eigenvalue weighted by atomic mass is 16.5. The Morgan fingerprint density at radius 3 is 2.68 bits per heavy atom. The van der Waals surface area contributed by atoms with Crippen molar-refractivity contribution in [1.82, 2.24) is 5.32 Å². The van der Waals surface area contributed by atoms with Crippen LogP contribution in [0.25, 0.3) is 6.08 Å². The van der Waals surface area contributed by atoms with Gasteiger partial charge in [0.15, 0.2) is 0 Å². The van der Waals surface area contributed by atoms with Crippen molar-refractivity contribution in [2.45, 2.75) is 19.9 Å². The molecule has 6 heteroatoms. The summed E-state index contributed by atoms with van der Waals surface area (Å²) in [6, 6.07) is 4.38. The average molecular weight is 305 g/mol. The summed E-state index contributed by atoms with van der Waals surface area (Å²) in [5, 5.41) is 11.7. The molecule has 0 spiro atoms. The molecule has 1 aliphatic rings. The Balaban J connectivity index is 2.20. The summed E-state index contributed by atoms with van der Waals surface area (Å²) in [5.41, 5.74) is 1.11. The number of carbonyl (C=O) groups excluding carboxylic acids is 1. The number of hydrogen-bond acceptors (Lipinski definition) is 4. The molecule has 0 bridgehead atoms. The predicted molar refractivity (Wildman–Crippen MR) is 80.9 cm³/mol. The molecule has 0 aliphatic carbocycles. The van der Waals surface area contributed by atoms with Gasteiger partial charge in [-0.25, -0.2) is 4.79 Å². The molecule has 0 saturated carbocycles. The van der Waals surface area contributed by atoms with Crippen molar-refractivity contribution in [3.8, 4) is 11.5 Å². The smallest absolute Gasteiger partial charge is 0.326 e. The molecule has 1 atom stereocenters. The van der Waals surface area contributed by atoms with Gasteiger partial charge in [-0.3, -0.25) is 4.79 Å². The lowest BCUT2D eigenvalue weighted by molar-refractivity contribution is -0.142. The molecule has 1 amide bonds. The Kier molecular flexibility index (Phi) is 4.70. The summed E-state index contributed by atoms with van der Waals surface area (Å²) >= 11 is 0. The summed E-state index contributed by atoms with van der Waals surface area (Å²) in [7, 11) is 1.56. The van der Waals surface area contributed by atoms with E-state index >= 15 is 0 Å². The molecule has 22 heavy (non-hydrogen) atoms. The van der Waals surface area contributed by atoms with Gasteiger partial charge in [-0.1, -0.05) is 13.8 Å². The van der Waals surface area contributed by atoms with Crippen LogP contribution in [-0.4, -0.2) is 36.7 Å². The molecule has 2 rings (SSSR count). The van der Waals surface area contributed by atoms with Gasteiger partial charge in [0.05, 0.1) is 12.7 Å². The molecule has 6 nitrogen and oxygen atoms in total. The minimum atomic E-state index is -1.05. The first-order valence-electron chi connectivity index (χ1n) is 6.97. The van der Waals surface area contributed by atoms with Crippen LogP contribution in [0.5, 0.6) is 11.5 Å². The maximum Gasteiger partial charge on any atom is 0.326 e. The van der Waals surface area contributed by atoms with Crippen LogP contribution >= 0.6 is 0 Å². The van der Waals surface area contributed by atoms with E-state index in [1.165, 1.54) is 0 Å². The normalized spacial score (nSPS) is 14.5. The maximum atomic E-state index is 12.2. The van der Waals surface area contributed by atoms with Gasteiger partial charge in [0.25, 0.3) is 5.91 Å². The van der Waals surface area contributed by atoms with Gasteiger partial charge >= 0.3 is 5.97 Å². The van der Waals surface area contributed by atoms with E-state index in [2.05, 4.69) is 5.32 Å². The first kappa shape index (κ1) is 15.9. The van der Waals surface area contributed by atoms with E-state index in [0.717, 1.165) is 5.56 Å². The largest absolute Gasteiger partial charge is 0.497 e. The van der Waals surface area contributed by atoms with Crippen LogP contribution in [-0.2, 0) is 9.59 Å². The second-order valence-electron chi connectivity index (χ2n) is 5.40. The predicted octanol–water partition coefficient (Wildman–Crippen LogP) is 1.70. The number of carbonyl (C=O) groups is 2. The molecule has 0 unspecified atom stereocenters. The number of amides is 1. The van der Waals surface area contributed by atoms with Crippen molar-refractivity contribution in [2.75, 3.05) is 13.7 Å². The number of methoxy groups -OCH3 is 1. The number of hydrogen-bond donors (Lipinski definition) is 2. The van der Waals surface area contributed by atoms with E-state index in [-0.39, 0.29) is 12.5 Å². The number of benzene rings is 1. The summed E-state index contributed by atoms with van der Waals surface area (Å²) in [6.45, 7) is 3.59. The van der Waals surface area contributed by atoms with E-state index in [4.69, 9.17) is 14.6 Å². The van der Waals surface area contributed by atoms with Crippen LogP contribution in [0.4, 0.5) is 0 Å². The highest BCUT2D eigenvalue weighted by Gasteiger charge is 2.26. The Bertz CT molecular complexity index is 621. The van der Waals surface area contributed by atoms with Gasteiger partial charge in [0.2, 0.25) is 0 Å². The lowest BCUT2D eigenvalue weighted by Crippen LogP contribution is -2.45. The molecule has 118 valence electrons. The van der Waals surface area contributed by atoms with Gasteiger partial charge in [-0.05, 0) is 30.2 Å². The van der Waals surface area contributed by atoms with Crippen LogP contribution in [0.1, 0.15) is 19.4 Å². The molecule has 1 aromatic carbocycles. The van der Waals surface area contributed by atoms with Crippen molar-refractivity contribution in [3.05, 3.63) is 29.3 Å². The van der Waals surface area contributed by atoms with E-state index in [1.807, 2.05) is 0 Å². The Morgan fingerprint density at radius 1 is 1.36 bits per heavy atom. The third-order valence-corrected chi connectivity index (χ3v) is 3.44. The fourth-order valence-electron chi connectivity index (χ4n) is 2.16. The lowest BCUT2D eigenvalue weighted by atomic mass is 10.0. The van der Waals surface area contributed by atoms with Gasteiger partial charge < -0.3 is 19.9 Å². The standard InChI is InChI=1S/C16H19NO5/c1-9(2)14(16(19)20)17-15(18)11-6-10-7-12(21-3)4-5-13(10)22-8-11/h4-7,9,14H,8H2,1-3H3,(H,17,18)(H,19,20)/t14-/m1/s1. The lowest BCUT2D eigenvalue weighted by Gasteiger charge is -2.21. The van der Waals surface area contributed by atoms with Crippen LogP contribution in [0.15, 0.2) is 23.8 Å². The van der Waals surface area contributed by atoms with Gasteiger partial charge in [-0.15, -0.1) is 0 Å². The highest BCUT2D eigenvalue weighted by molar-refractivity contribution is 6.00. The second kappa shape index (κ2) is 6.51. The Hall–Kier alpha value is -2.50. The van der Waals surface area contributed by atoms with Gasteiger partial charge in [-0.2, -0.15) is 0 Å². The number of carboxylic acids is 1. The van der Waals surface area contributed by atoms with E-state index in [1.54, 1.807) is 45.2 Å². The molecule has 0 radical (unpaired) electrons. The molecular formula is C16H19NO5. The SMILES string of the molecule is COc1ccc2c(c1)C=C(C(=O)N[C@@H](C(=O)O)C(C)C)CO2. The third kappa shape index (κ3) is 3.39. The molecule has 0 fully saturated rings. The summed E-state index contributed by atoms with van der Waals surface area (Å²) in [4.78, 5) is 23.4. The monoisotopic (exact) mass is 305 g/mol. The van der Waals surface area contributed by atoms with Crippen LogP contribution in [0.3, 0.4) is 0 Å². The van der Waals surface area contributed by atoms with Crippen LogP contribution < -0.4 is 14.8 Å². The number of aliphatic carboxylic acids is 1. The number of rotatable bonds is 5. The number of fused-ring (bicyclic) bond motifs is 1. The second-order valence-corrected chi connectivity index (χ2v) is 5.40. The zero-order chi connectivity index (χ0) is 16.3.